The average Bonchev–Trinajstić information content (AvgIpc) is 2.71. The molecule has 0 saturated carbocycles. The Morgan fingerprint density at radius 2 is 1.80 bits per heavy atom. The van der Waals surface area contributed by atoms with Crippen LogP contribution < -0.4 is 0 Å². The number of rotatable bonds is 3. The highest BCUT2D eigenvalue weighted by Crippen LogP contribution is 2.34. The van der Waals surface area contributed by atoms with Crippen molar-refractivity contribution in [2.45, 2.75) is 39.7 Å². The number of hydrogen-bond acceptors (Lipinski definition) is 3. The van der Waals surface area contributed by atoms with E-state index in [9.17, 15) is 9.90 Å². The van der Waals surface area contributed by atoms with E-state index in [2.05, 4.69) is 62.9 Å². The van der Waals surface area contributed by atoms with Crippen molar-refractivity contribution in [3.05, 3.63) is 76.5 Å². The van der Waals surface area contributed by atoms with E-state index >= 15 is 0 Å². The minimum atomic E-state index is -0.892. The number of fused-ring (bicyclic) bond motifs is 2. The number of likely N-dealkylation sites (N-methyl/N-ethyl adjacent to an activating group) is 1. The fourth-order valence-electron chi connectivity index (χ4n) is 4.13. The molecule has 1 N–H and O–H groups in total. The van der Waals surface area contributed by atoms with Gasteiger partial charge in [-0.1, -0.05) is 70.2 Å². The van der Waals surface area contributed by atoms with Crippen LogP contribution >= 0.6 is 0 Å². The first-order chi connectivity index (χ1) is 14.3. The molecule has 0 radical (unpaired) electrons. The Kier molecular flexibility index (Phi) is 5.20. The number of carbonyl (C=O) groups is 1. The summed E-state index contributed by atoms with van der Waals surface area (Å²) in [6.07, 6.45) is 2.15. The third kappa shape index (κ3) is 3.75. The van der Waals surface area contributed by atoms with Crippen LogP contribution in [0, 0.1) is 0 Å². The highest BCUT2D eigenvalue weighted by molar-refractivity contribution is 6.06. The SMILES string of the molecule is CCN1CC(=Cc2ccc(C(C)(C)C)cc2)c2nc3ccccc3c(C(=O)O)c2C1. The summed E-state index contributed by atoms with van der Waals surface area (Å²) in [6, 6.07) is 16.1. The number of para-hydroxylation sites is 1. The smallest absolute Gasteiger partial charge is 0.336 e. The average molecular weight is 401 g/mol. The molecule has 4 rings (SSSR count). The van der Waals surface area contributed by atoms with Gasteiger partial charge in [0.05, 0.1) is 16.8 Å². The lowest BCUT2D eigenvalue weighted by atomic mass is 9.86. The maximum atomic E-state index is 12.2. The Morgan fingerprint density at radius 3 is 2.43 bits per heavy atom. The van der Waals surface area contributed by atoms with Crippen LogP contribution in [0.25, 0.3) is 22.6 Å². The fraction of sp³-hybridized carbons (Fsp3) is 0.308. The summed E-state index contributed by atoms with van der Waals surface area (Å²) >= 11 is 0. The molecule has 0 spiro atoms. The molecule has 0 aliphatic carbocycles. The summed E-state index contributed by atoms with van der Waals surface area (Å²) in [7, 11) is 0. The Bertz CT molecular complexity index is 1140. The van der Waals surface area contributed by atoms with E-state index in [1.165, 1.54) is 5.56 Å². The summed E-state index contributed by atoms with van der Waals surface area (Å²) in [6.45, 7) is 10.9. The Labute approximate surface area is 177 Å². The quantitative estimate of drug-likeness (QED) is 0.621. The topological polar surface area (TPSA) is 53.4 Å². The maximum Gasteiger partial charge on any atom is 0.336 e. The van der Waals surface area contributed by atoms with Gasteiger partial charge >= 0.3 is 5.97 Å². The van der Waals surface area contributed by atoms with Crippen molar-refractivity contribution in [1.29, 1.82) is 0 Å². The summed E-state index contributed by atoms with van der Waals surface area (Å²) in [4.78, 5) is 19.4. The summed E-state index contributed by atoms with van der Waals surface area (Å²) in [5, 5.41) is 10.7. The maximum absolute atomic E-state index is 12.2. The lowest BCUT2D eigenvalue weighted by molar-refractivity contribution is 0.0696. The molecular formula is C26H28N2O2. The fourth-order valence-corrected chi connectivity index (χ4v) is 4.13. The molecule has 0 atom stereocenters. The first kappa shape index (κ1) is 20.3. The van der Waals surface area contributed by atoms with E-state index in [-0.39, 0.29) is 5.41 Å². The zero-order valence-electron chi connectivity index (χ0n) is 18.1. The van der Waals surface area contributed by atoms with Gasteiger partial charge in [-0.05, 0) is 40.8 Å². The number of carboxylic acid groups (broad SMARTS) is 1. The number of pyridine rings is 1. The molecule has 0 fully saturated rings. The molecule has 154 valence electrons. The Hall–Kier alpha value is -2.98. The van der Waals surface area contributed by atoms with Gasteiger partial charge in [0, 0.05) is 24.0 Å². The molecule has 4 nitrogen and oxygen atoms in total. The Morgan fingerprint density at radius 1 is 1.10 bits per heavy atom. The molecule has 4 heteroatoms. The minimum absolute atomic E-state index is 0.110. The molecule has 0 amide bonds. The molecule has 0 unspecified atom stereocenters. The number of nitrogens with zero attached hydrogens (tertiary/aromatic N) is 2. The molecular weight excluding hydrogens is 372 g/mol. The van der Waals surface area contributed by atoms with Crippen LogP contribution in [0.15, 0.2) is 48.5 Å². The number of aromatic carboxylic acids is 1. The summed E-state index contributed by atoms with van der Waals surface area (Å²) < 4.78 is 0. The van der Waals surface area contributed by atoms with Gasteiger partial charge in [-0.25, -0.2) is 9.78 Å². The molecule has 0 bridgehead atoms. The first-order valence-corrected chi connectivity index (χ1v) is 10.5. The molecule has 1 aliphatic rings. The van der Waals surface area contributed by atoms with E-state index in [0.717, 1.165) is 41.0 Å². The normalized spacial score (nSPS) is 16.1. The van der Waals surface area contributed by atoms with Crippen molar-refractivity contribution in [3.63, 3.8) is 0 Å². The predicted octanol–water partition coefficient (Wildman–Crippen LogP) is 5.61. The Balaban J connectivity index is 1.89. The number of aromatic nitrogens is 1. The predicted molar refractivity (Wildman–Crippen MR) is 123 cm³/mol. The van der Waals surface area contributed by atoms with E-state index in [4.69, 9.17) is 4.98 Å². The van der Waals surface area contributed by atoms with Crippen molar-refractivity contribution in [1.82, 2.24) is 9.88 Å². The zero-order valence-corrected chi connectivity index (χ0v) is 18.1. The second-order valence-electron chi connectivity index (χ2n) is 8.98. The van der Waals surface area contributed by atoms with E-state index in [1.807, 2.05) is 24.3 Å². The molecule has 3 aromatic rings. The van der Waals surface area contributed by atoms with Gasteiger partial charge < -0.3 is 5.11 Å². The van der Waals surface area contributed by atoms with Crippen LogP contribution in [0.2, 0.25) is 0 Å². The molecule has 1 aliphatic heterocycles. The lowest BCUT2D eigenvalue weighted by Gasteiger charge is -2.30. The van der Waals surface area contributed by atoms with E-state index in [0.29, 0.717) is 17.5 Å². The number of benzene rings is 2. The highest BCUT2D eigenvalue weighted by Gasteiger charge is 2.27. The van der Waals surface area contributed by atoms with Crippen LogP contribution in [0.1, 0.15) is 60.4 Å². The van der Waals surface area contributed by atoms with Gasteiger partial charge in [0.1, 0.15) is 0 Å². The van der Waals surface area contributed by atoms with Gasteiger partial charge in [0.15, 0.2) is 0 Å². The molecule has 2 aromatic carbocycles. The van der Waals surface area contributed by atoms with Gasteiger partial charge in [-0.3, -0.25) is 4.90 Å². The molecule has 2 heterocycles. The summed E-state index contributed by atoms with van der Waals surface area (Å²) in [5.74, 6) is -0.892. The van der Waals surface area contributed by atoms with Crippen LogP contribution in [0.5, 0.6) is 0 Å². The zero-order chi connectivity index (χ0) is 21.5. The van der Waals surface area contributed by atoms with Crippen molar-refractivity contribution < 1.29 is 9.90 Å². The van der Waals surface area contributed by atoms with Crippen LogP contribution in [0.4, 0.5) is 0 Å². The highest BCUT2D eigenvalue weighted by atomic mass is 16.4. The van der Waals surface area contributed by atoms with Crippen molar-refractivity contribution in [2.75, 3.05) is 13.1 Å². The van der Waals surface area contributed by atoms with Crippen molar-refractivity contribution >= 4 is 28.5 Å². The monoisotopic (exact) mass is 400 g/mol. The van der Waals surface area contributed by atoms with Crippen LogP contribution in [-0.4, -0.2) is 34.0 Å². The van der Waals surface area contributed by atoms with Crippen LogP contribution in [0.3, 0.4) is 0 Å². The number of hydrogen-bond donors (Lipinski definition) is 1. The number of carboxylic acids is 1. The third-order valence-corrected chi connectivity index (χ3v) is 5.85. The van der Waals surface area contributed by atoms with Crippen molar-refractivity contribution in [2.24, 2.45) is 0 Å². The molecule has 30 heavy (non-hydrogen) atoms. The largest absolute Gasteiger partial charge is 0.478 e. The lowest BCUT2D eigenvalue weighted by Crippen LogP contribution is -2.31. The second kappa shape index (κ2) is 7.69. The van der Waals surface area contributed by atoms with E-state index in [1.54, 1.807) is 0 Å². The van der Waals surface area contributed by atoms with Gasteiger partial charge in [0.2, 0.25) is 0 Å². The standard InChI is InChI=1S/C26H28N2O2/c1-5-28-15-18(14-17-10-12-19(13-11-17)26(2,3)4)24-21(16-28)23(25(29)30)20-8-6-7-9-22(20)27-24/h6-14H,5,15-16H2,1-4H3,(H,29,30). The van der Waals surface area contributed by atoms with Gasteiger partial charge in [-0.15, -0.1) is 0 Å². The second-order valence-corrected chi connectivity index (χ2v) is 8.98. The molecule has 1 aromatic heterocycles. The third-order valence-electron chi connectivity index (χ3n) is 5.85. The van der Waals surface area contributed by atoms with Gasteiger partial charge in [-0.2, -0.15) is 0 Å². The van der Waals surface area contributed by atoms with Gasteiger partial charge in [0.25, 0.3) is 0 Å². The molecule has 0 saturated heterocycles. The van der Waals surface area contributed by atoms with Crippen molar-refractivity contribution in [3.8, 4) is 0 Å². The first-order valence-electron chi connectivity index (χ1n) is 10.5. The van der Waals surface area contributed by atoms with Crippen LogP contribution in [-0.2, 0) is 12.0 Å². The van der Waals surface area contributed by atoms with E-state index < -0.39 is 5.97 Å². The summed E-state index contributed by atoms with van der Waals surface area (Å²) in [5.41, 5.74) is 6.31. The minimum Gasteiger partial charge on any atom is -0.478 e.